The number of thiazole rings is 1. The molecule has 1 N–H and O–H groups in total. The molecule has 8 nitrogen and oxygen atoms in total. The molecule has 0 radical (unpaired) electrons. The lowest BCUT2D eigenvalue weighted by atomic mass is 9.99. The number of carbonyl (C=O) groups excluding carboxylic acids is 2. The van der Waals surface area contributed by atoms with E-state index < -0.39 is 33.5 Å². The van der Waals surface area contributed by atoms with Crippen molar-refractivity contribution in [1.29, 1.82) is 0 Å². The molecule has 0 fully saturated rings. The molecule has 0 bridgehead atoms. The van der Waals surface area contributed by atoms with Gasteiger partial charge in [-0.15, -0.1) is 11.3 Å². The van der Waals surface area contributed by atoms with Crippen LogP contribution in [0.4, 0.5) is 4.79 Å². The van der Waals surface area contributed by atoms with Crippen molar-refractivity contribution in [2.24, 2.45) is 5.92 Å². The van der Waals surface area contributed by atoms with Gasteiger partial charge in [0, 0.05) is 17.2 Å². The molecule has 0 aliphatic carbocycles. The SMILES string of the molecule is CC[C@H](C)[C@H](NC(=O)OC(C)(C)C)C(=O)OCc1csc(-c2ccc(S(C)(=O)=O)cc2)n1. The molecule has 1 amide bonds. The number of hydrogen-bond donors (Lipinski definition) is 1. The Morgan fingerprint density at radius 1 is 1.19 bits per heavy atom. The van der Waals surface area contributed by atoms with Crippen LogP contribution in [0, 0.1) is 5.92 Å². The Balaban J connectivity index is 2.03. The van der Waals surface area contributed by atoms with Crippen LogP contribution in [0.15, 0.2) is 34.5 Å². The second-order valence-electron chi connectivity index (χ2n) is 8.56. The molecular weight excluding hydrogens is 452 g/mol. The topological polar surface area (TPSA) is 112 Å². The lowest BCUT2D eigenvalue weighted by Gasteiger charge is -2.25. The lowest BCUT2D eigenvalue weighted by Crippen LogP contribution is -2.47. The van der Waals surface area contributed by atoms with Crippen LogP contribution in [-0.4, -0.2) is 43.4 Å². The van der Waals surface area contributed by atoms with E-state index in [0.29, 0.717) is 17.1 Å². The van der Waals surface area contributed by atoms with Gasteiger partial charge in [-0.25, -0.2) is 23.0 Å². The molecule has 1 aromatic carbocycles. The van der Waals surface area contributed by atoms with Crippen molar-refractivity contribution in [3.8, 4) is 10.6 Å². The average Bonchev–Trinajstić information content (AvgIpc) is 3.17. The third kappa shape index (κ3) is 7.59. The van der Waals surface area contributed by atoms with Crippen LogP contribution >= 0.6 is 11.3 Å². The molecule has 10 heteroatoms. The van der Waals surface area contributed by atoms with Crippen LogP contribution < -0.4 is 5.32 Å². The summed E-state index contributed by atoms with van der Waals surface area (Å²) in [5.41, 5.74) is 0.652. The number of nitrogens with zero attached hydrogens (tertiary/aromatic N) is 1. The van der Waals surface area contributed by atoms with Crippen molar-refractivity contribution in [3.63, 3.8) is 0 Å². The number of hydrogen-bond acceptors (Lipinski definition) is 8. The van der Waals surface area contributed by atoms with Gasteiger partial charge in [0.05, 0.1) is 10.6 Å². The summed E-state index contributed by atoms with van der Waals surface area (Å²) >= 11 is 1.36. The molecule has 0 saturated heterocycles. The van der Waals surface area contributed by atoms with Gasteiger partial charge in [0.2, 0.25) is 0 Å². The van der Waals surface area contributed by atoms with Crippen molar-refractivity contribution < 1.29 is 27.5 Å². The van der Waals surface area contributed by atoms with E-state index in [9.17, 15) is 18.0 Å². The van der Waals surface area contributed by atoms with Gasteiger partial charge in [0.25, 0.3) is 0 Å². The maximum Gasteiger partial charge on any atom is 0.408 e. The number of nitrogens with one attached hydrogen (secondary N) is 1. The first-order valence-corrected chi connectivity index (χ1v) is 13.0. The Bertz CT molecular complexity index is 1040. The Kier molecular flexibility index (Phi) is 8.41. The summed E-state index contributed by atoms with van der Waals surface area (Å²) in [5, 5.41) is 5.06. The highest BCUT2D eigenvalue weighted by atomic mass is 32.2. The second kappa shape index (κ2) is 10.4. The standard InChI is InChI=1S/C22H30N2O6S2/c1-7-14(2)18(24-21(26)30-22(3,4)5)20(25)29-12-16-13-31-19(23-16)15-8-10-17(11-9-15)32(6,27)28/h8-11,13-14,18H,7,12H2,1-6H3,(H,24,26)/t14-,18-/m0/s1. The van der Waals surface area contributed by atoms with E-state index in [0.717, 1.165) is 11.8 Å². The normalized spacial score (nSPS) is 13.8. The van der Waals surface area contributed by atoms with Crippen molar-refractivity contribution in [2.75, 3.05) is 6.26 Å². The Labute approximate surface area is 193 Å². The first-order valence-electron chi connectivity index (χ1n) is 10.2. The molecule has 1 heterocycles. The molecule has 32 heavy (non-hydrogen) atoms. The van der Waals surface area contributed by atoms with E-state index in [2.05, 4.69) is 10.3 Å². The summed E-state index contributed by atoms with van der Waals surface area (Å²) in [4.78, 5) is 29.5. The third-order valence-corrected chi connectivity index (χ3v) is 6.65. The summed E-state index contributed by atoms with van der Waals surface area (Å²) < 4.78 is 33.9. The zero-order valence-electron chi connectivity index (χ0n) is 19.2. The van der Waals surface area contributed by atoms with Gasteiger partial charge in [-0.2, -0.15) is 0 Å². The number of carbonyl (C=O) groups is 2. The predicted octanol–water partition coefficient (Wildman–Crippen LogP) is 4.20. The fourth-order valence-electron chi connectivity index (χ4n) is 2.69. The van der Waals surface area contributed by atoms with Gasteiger partial charge in [0.1, 0.15) is 23.3 Å². The second-order valence-corrected chi connectivity index (χ2v) is 11.4. The fraction of sp³-hybridized carbons (Fsp3) is 0.500. The number of sulfone groups is 1. The van der Waals surface area contributed by atoms with E-state index >= 15 is 0 Å². The van der Waals surface area contributed by atoms with Crippen molar-refractivity contribution in [2.45, 2.75) is 64.2 Å². The number of ether oxygens (including phenoxy) is 2. The number of amides is 1. The number of esters is 1. The van der Waals surface area contributed by atoms with Gasteiger partial charge >= 0.3 is 12.1 Å². The molecule has 0 aliphatic heterocycles. The number of rotatable bonds is 8. The van der Waals surface area contributed by atoms with Gasteiger partial charge in [0.15, 0.2) is 9.84 Å². The molecule has 176 valence electrons. The molecule has 0 spiro atoms. The zero-order chi connectivity index (χ0) is 24.1. The fourth-order valence-corrected chi connectivity index (χ4v) is 4.13. The summed E-state index contributed by atoms with van der Waals surface area (Å²) in [6.07, 6.45) is 1.15. The van der Waals surface area contributed by atoms with E-state index in [1.807, 2.05) is 13.8 Å². The summed E-state index contributed by atoms with van der Waals surface area (Å²) in [7, 11) is -3.26. The van der Waals surface area contributed by atoms with Gasteiger partial charge in [-0.3, -0.25) is 0 Å². The monoisotopic (exact) mass is 482 g/mol. The van der Waals surface area contributed by atoms with E-state index in [1.165, 1.54) is 23.5 Å². The molecule has 0 saturated carbocycles. The maximum absolute atomic E-state index is 12.7. The first-order chi connectivity index (χ1) is 14.8. The van der Waals surface area contributed by atoms with Crippen molar-refractivity contribution >= 4 is 33.2 Å². The van der Waals surface area contributed by atoms with Crippen LogP contribution in [0.5, 0.6) is 0 Å². The Morgan fingerprint density at radius 2 is 1.81 bits per heavy atom. The lowest BCUT2D eigenvalue weighted by molar-refractivity contribution is -0.149. The van der Waals surface area contributed by atoms with E-state index in [4.69, 9.17) is 9.47 Å². The van der Waals surface area contributed by atoms with E-state index in [-0.39, 0.29) is 17.4 Å². The first kappa shape index (κ1) is 25.8. The number of benzene rings is 1. The molecule has 2 aromatic rings. The van der Waals surface area contributed by atoms with Crippen LogP contribution in [0.3, 0.4) is 0 Å². The highest BCUT2D eigenvalue weighted by molar-refractivity contribution is 7.90. The molecule has 0 unspecified atom stereocenters. The van der Waals surface area contributed by atoms with Gasteiger partial charge < -0.3 is 14.8 Å². The summed E-state index contributed by atoms with van der Waals surface area (Å²) in [6, 6.07) is 5.61. The van der Waals surface area contributed by atoms with Crippen LogP contribution in [0.2, 0.25) is 0 Å². The predicted molar refractivity (Wildman–Crippen MR) is 123 cm³/mol. The molecule has 2 rings (SSSR count). The third-order valence-electron chi connectivity index (χ3n) is 4.58. The molecule has 1 aromatic heterocycles. The Hall–Kier alpha value is -2.46. The quantitative estimate of drug-likeness (QED) is 0.561. The largest absolute Gasteiger partial charge is 0.458 e. The van der Waals surface area contributed by atoms with Crippen LogP contribution in [0.25, 0.3) is 10.6 Å². The number of alkyl carbamates (subject to hydrolysis) is 1. The highest BCUT2D eigenvalue weighted by Crippen LogP contribution is 2.25. The molecule has 2 atom stereocenters. The minimum atomic E-state index is -3.26. The summed E-state index contributed by atoms with van der Waals surface area (Å²) in [6.45, 7) is 8.97. The maximum atomic E-state index is 12.7. The van der Waals surface area contributed by atoms with Crippen LogP contribution in [0.1, 0.15) is 46.7 Å². The van der Waals surface area contributed by atoms with Crippen LogP contribution in [-0.2, 0) is 30.7 Å². The highest BCUT2D eigenvalue weighted by Gasteiger charge is 2.29. The average molecular weight is 483 g/mol. The smallest absolute Gasteiger partial charge is 0.408 e. The minimum Gasteiger partial charge on any atom is -0.458 e. The van der Waals surface area contributed by atoms with Gasteiger partial charge in [-0.1, -0.05) is 32.4 Å². The van der Waals surface area contributed by atoms with E-state index in [1.54, 1.807) is 38.3 Å². The zero-order valence-corrected chi connectivity index (χ0v) is 20.8. The minimum absolute atomic E-state index is 0.0420. The Morgan fingerprint density at radius 3 is 2.34 bits per heavy atom. The number of aromatic nitrogens is 1. The van der Waals surface area contributed by atoms with Crippen molar-refractivity contribution in [1.82, 2.24) is 10.3 Å². The molecular formula is C22H30N2O6S2. The molecule has 0 aliphatic rings. The van der Waals surface area contributed by atoms with Crippen molar-refractivity contribution in [3.05, 3.63) is 35.3 Å². The summed E-state index contributed by atoms with van der Waals surface area (Å²) in [5.74, 6) is -0.702. The van der Waals surface area contributed by atoms with Gasteiger partial charge in [-0.05, 0) is 38.8 Å².